The zero-order valence-electron chi connectivity index (χ0n) is 9.03. The lowest BCUT2D eigenvalue weighted by molar-refractivity contribution is -0.153. The summed E-state index contributed by atoms with van der Waals surface area (Å²) in [6, 6.07) is 3.15. The highest BCUT2D eigenvalue weighted by Gasteiger charge is 2.44. The lowest BCUT2D eigenvalue weighted by Crippen LogP contribution is -2.47. The molecule has 0 unspecified atom stereocenters. The number of carboxylic acid groups (broad SMARTS) is 1. The van der Waals surface area contributed by atoms with Gasteiger partial charge in [-0.3, -0.25) is 9.59 Å². The van der Waals surface area contributed by atoms with E-state index in [1.807, 2.05) is 0 Å². The van der Waals surface area contributed by atoms with Crippen LogP contribution in [0.1, 0.15) is 29.8 Å². The van der Waals surface area contributed by atoms with Crippen LogP contribution >= 0.6 is 15.9 Å². The fourth-order valence-electron chi connectivity index (χ4n) is 1.84. The van der Waals surface area contributed by atoms with Crippen LogP contribution in [0.3, 0.4) is 0 Å². The molecule has 1 aliphatic rings. The van der Waals surface area contributed by atoms with E-state index in [-0.39, 0.29) is 18.2 Å². The number of carbonyl (C=O) groups excluding carboxylic acids is 1. The molecule has 0 spiro atoms. The molecule has 5 nitrogen and oxygen atoms in total. The van der Waals surface area contributed by atoms with Gasteiger partial charge < -0.3 is 14.8 Å². The van der Waals surface area contributed by atoms with Crippen LogP contribution in [-0.4, -0.2) is 23.5 Å². The van der Waals surface area contributed by atoms with Gasteiger partial charge in [0, 0.05) is 6.54 Å². The Morgan fingerprint density at radius 3 is 2.59 bits per heavy atom. The average molecular weight is 302 g/mol. The molecule has 2 N–H and O–H groups in total. The molecule has 1 saturated carbocycles. The minimum atomic E-state index is -0.843. The summed E-state index contributed by atoms with van der Waals surface area (Å²) in [5.74, 6) is -1.05. The first-order valence-electron chi connectivity index (χ1n) is 5.30. The highest BCUT2D eigenvalue weighted by molar-refractivity contribution is 9.10. The van der Waals surface area contributed by atoms with Crippen LogP contribution in [0.2, 0.25) is 0 Å². The molecule has 2 rings (SSSR count). The minimum absolute atomic E-state index is 0.152. The predicted octanol–water partition coefficient (Wildman–Crippen LogP) is 2.03. The monoisotopic (exact) mass is 301 g/mol. The molecule has 0 radical (unpaired) electrons. The Morgan fingerprint density at radius 1 is 1.47 bits per heavy atom. The van der Waals surface area contributed by atoms with Gasteiger partial charge >= 0.3 is 5.97 Å². The summed E-state index contributed by atoms with van der Waals surface area (Å²) < 4.78 is 5.55. The molecule has 0 aromatic carbocycles. The number of rotatable bonds is 4. The van der Waals surface area contributed by atoms with Crippen molar-refractivity contribution in [3.8, 4) is 0 Å². The standard InChI is InChI=1S/C11H12BrNO4/c12-8-3-2-7(17-8)9(14)13-6-11(10(15)16)4-1-5-11/h2-3H,1,4-6H2,(H,13,14)(H,15,16). The maximum absolute atomic E-state index is 11.6. The Labute approximate surface area is 106 Å². The maximum atomic E-state index is 11.6. The second-order valence-electron chi connectivity index (χ2n) is 4.23. The maximum Gasteiger partial charge on any atom is 0.311 e. The number of nitrogens with one attached hydrogen (secondary N) is 1. The quantitative estimate of drug-likeness (QED) is 0.892. The van der Waals surface area contributed by atoms with Crippen molar-refractivity contribution < 1.29 is 19.1 Å². The summed E-state index contributed by atoms with van der Waals surface area (Å²) >= 11 is 3.10. The molecule has 0 saturated heterocycles. The summed E-state index contributed by atoms with van der Waals surface area (Å²) in [5.41, 5.74) is -0.778. The summed E-state index contributed by atoms with van der Waals surface area (Å²) in [7, 11) is 0. The lowest BCUT2D eigenvalue weighted by atomic mass is 9.69. The van der Waals surface area contributed by atoms with Crippen molar-refractivity contribution in [1.82, 2.24) is 5.32 Å². The number of hydrogen-bond donors (Lipinski definition) is 2. The molecular weight excluding hydrogens is 290 g/mol. The van der Waals surface area contributed by atoms with Crippen molar-refractivity contribution >= 4 is 27.8 Å². The second-order valence-corrected chi connectivity index (χ2v) is 5.01. The molecule has 1 aliphatic carbocycles. The van der Waals surface area contributed by atoms with E-state index in [4.69, 9.17) is 9.52 Å². The van der Waals surface area contributed by atoms with E-state index >= 15 is 0 Å². The zero-order valence-corrected chi connectivity index (χ0v) is 10.6. The van der Waals surface area contributed by atoms with Gasteiger partial charge in [0.05, 0.1) is 5.41 Å². The van der Waals surface area contributed by atoms with Crippen molar-refractivity contribution in [3.05, 3.63) is 22.6 Å². The molecule has 1 heterocycles. The molecule has 17 heavy (non-hydrogen) atoms. The molecule has 1 aromatic rings. The number of halogens is 1. The summed E-state index contributed by atoms with van der Waals surface area (Å²) in [6.45, 7) is 0.152. The average Bonchev–Trinajstić information content (AvgIpc) is 2.62. The summed E-state index contributed by atoms with van der Waals surface area (Å²) in [4.78, 5) is 22.7. The van der Waals surface area contributed by atoms with Crippen molar-refractivity contribution in [3.63, 3.8) is 0 Å². The largest absolute Gasteiger partial charge is 0.481 e. The predicted molar refractivity (Wildman–Crippen MR) is 62.7 cm³/mol. The van der Waals surface area contributed by atoms with E-state index in [2.05, 4.69) is 21.2 Å². The molecule has 6 heteroatoms. The van der Waals surface area contributed by atoms with Gasteiger partial charge in [-0.05, 0) is 40.9 Å². The normalized spacial score (nSPS) is 17.2. The molecule has 0 atom stereocenters. The molecule has 0 bridgehead atoms. The molecule has 92 valence electrons. The van der Waals surface area contributed by atoms with Crippen LogP contribution in [0.25, 0.3) is 0 Å². The molecule has 0 aliphatic heterocycles. The second kappa shape index (κ2) is 4.52. The third-order valence-corrected chi connectivity index (χ3v) is 3.57. The van der Waals surface area contributed by atoms with Gasteiger partial charge in [-0.2, -0.15) is 0 Å². The van der Waals surface area contributed by atoms with E-state index in [1.54, 1.807) is 6.07 Å². The van der Waals surface area contributed by atoms with Crippen molar-refractivity contribution in [2.45, 2.75) is 19.3 Å². The first-order valence-corrected chi connectivity index (χ1v) is 6.10. The van der Waals surface area contributed by atoms with Gasteiger partial charge in [0.1, 0.15) is 0 Å². The van der Waals surface area contributed by atoms with Gasteiger partial charge in [0.15, 0.2) is 10.4 Å². The zero-order chi connectivity index (χ0) is 12.5. The fourth-order valence-corrected chi connectivity index (χ4v) is 2.15. The van der Waals surface area contributed by atoms with E-state index in [0.717, 1.165) is 6.42 Å². The third-order valence-electron chi connectivity index (χ3n) is 3.15. The van der Waals surface area contributed by atoms with Gasteiger partial charge in [0.2, 0.25) is 0 Å². The summed E-state index contributed by atoms with van der Waals surface area (Å²) in [5, 5.41) is 11.7. The Balaban J connectivity index is 1.94. The number of furan rings is 1. The van der Waals surface area contributed by atoms with Crippen LogP contribution in [0.15, 0.2) is 21.2 Å². The van der Waals surface area contributed by atoms with Gasteiger partial charge in [-0.15, -0.1) is 0 Å². The number of aliphatic carboxylic acids is 1. The third kappa shape index (κ3) is 2.36. The SMILES string of the molecule is O=C(NCC1(C(=O)O)CCC1)c1ccc(Br)o1. The molecule has 1 fully saturated rings. The number of amides is 1. The topological polar surface area (TPSA) is 79.5 Å². The highest BCUT2D eigenvalue weighted by atomic mass is 79.9. The van der Waals surface area contributed by atoms with E-state index in [0.29, 0.717) is 17.5 Å². The van der Waals surface area contributed by atoms with Crippen molar-refractivity contribution in [1.29, 1.82) is 0 Å². The van der Waals surface area contributed by atoms with Crippen LogP contribution in [0.4, 0.5) is 0 Å². The number of carboxylic acids is 1. The molecule has 1 amide bonds. The summed E-state index contributed by atoms with van der Waals surface area (Å²) in [6.07, 6.45) is 2.13. The Hall–Kier alpha value is -1.30. The van der Waals surface area contributed by atoms with Gasteiger partial charge in [-0.1, -0.05) is 6.42 Å². The van der Waals surface area contributed by atoms with Crippen LogP contribution in [0, 0.1) is 5.41 Å². The van der Waals surface area contributed by atoms with E-state index in [1.165, 1.54) is 6.07 Å². The number of hydrogen-bond acceptors (Lipinski definition) is 3. The van der Waals surface area contributed by atoms with Crippen LogP contribution in [-0.2, 0) is 4.79 Å². The first-order chi connectivity index (χ1) is 8.03. The first kappa shape index (κ1) is 12.2. The molecular formula is C11H12BrNO4. The van der Waals surface area contributed by atoms with Crippen molar-refractivity contribution in [2.24, 2.45) is 5.41 Å². The van der Waals surface area contributed by atoms with Gasteiger partial charge in [-0.25, -0.2) is 0 Å². The minimum Gasteiger partial charge on any atom is -0.481 e. The molecule has 1 aromatic heterocycles. The Morgan fingerprint density at radius 2 is 2.18 bits per heavy atom. The van der Waals surface area contributed by atoms with Crippen LogP contribution in [0.5, 0.6) is 0 Å². The Kier molecular flexibility index (Phi) is 3.24. The fraction of sp³-hybridized carbons (Fsp3) is 0.455. The Bertz CT molecular complexity index is 450. The van der Waals surface area contributed by atoms with E-state index in [9.17, 15) is 9.59 Å². The number of carbonyl (C=O) groups is 2. The van der Waals surface area contributed by atoms with Crippen LogP contribution < -0.4 is 5.32 Å². The van der Waals surface area contributed by atoms with Gasteiger partial charge in [0.25, 0.3) is 5.91 Å². The van der Waals surface area contributed by atoms with Crippen molar-refractivity contribution in [2.75, 3.05) is 6.54 Å². The van der Waals surface area contributed by atoms with E-state index < -0.39 is 11.4 Å². The smallest absolute Gasteiger partial charge is 0.311 e. The lowest BCUT2D eigenvalue weighted by Gasteiger charge is -2.37. The highest BCUT2D eigenvalue weighted by Crippen LogP contribution is 2.40.